The van der Waals surface area contributed by atoms with Crippen LogP contribution in [0.4, 0.5) is 13.2 Å². The summed E-state index contributed by atoms with van der Waals surface area (Å²) in [6.45, 7) is 1.71. The highest BCUT2D eigenvalue weighted by Crippen LogP contribution is 2.31. The van der Waals surface area contributed by atoms with Gasteiger partial charge in [-0.1, -0.05) is 29.3 Å². The maximum Gasteiger partial charge on any atom is 0.416 e. The van der Waals surface area contributed by atoms with Gasteiger partial charge < -0.3 is 0 Å². The van der Waals surface area contributed by atoms with Crippen molar-refractivity contribution in [3.63, 3.8) is 0 Å². The largest absolute Gasteiger partial charge is 0.416 e. The third-order valence-electron chi connectivity index (χ3n) is 1.74. The first-order chi connectivity index (χ1) is 5.91. The lowest BCUT2D eigenvalue weighted by Crippen LogP contribution is -2.09. The van der Waals surface area contributed by atoms with E-state index in [4.69, 9.17) is 11.6 Å². The summed E-state index contributed by atoms with van der Waals surface area (Å²) in [6, 6.07) is 0. The average Bonchev–Trinajstić information content (AvgIpc) is 2.13. The van der Waals surface area contributed by atoms with Gasteiger partial charge in [0.1, 0.15) is 0 Å². The quantitative estimate of drug-likeness (QED) is 0.566. The Morgan fingerprint density at radius 3 is 2.54 bits per heavy atom. The monoisotopic (exact) mass is 208 g/mol. The Bertz CT molecular complexity index is 294. The average molecular weight is 209 g/mol. The first kappa shape index (κ1) is 10.4. The Morgan fingerprint density at radius 2 is 2.00 bits per heavy atom. The Kier molecular flexibility index (Phi) is 2.86. The van der Waals surface area contributed by atoms with Crippen LogP contribution in [0.1, 0.15) is 13.3 Å². The zero-order valence-corrected chi connectivity index (χ0v) is 7.71. The van der Waals surface area contributed by atoms with E-state index in [2.05, 4.69) is 0 Å². The Hall–Kier alpha value is -0.700. The molecular formula is C9H8ClF3. The van der Waals surface area contributed by atoms with E-state index >= 15 is 0 Å². The van der Waals surface area contributed by atoms with E-state index in [1.54, 1.807) is 6.92 Å². The van der Waals surface area contributed by atoms with Gasteiger partial charge in [0, 0.05) is 5.03 Å². The molecule has 0 heterocycles. The summed E-state index contributed by atoms with van der Waals surface area (Å²) in [5, 5.41) is 0.178. The first-order valence-electron chi connectivity index (χ1n) is 3.72. The molecule has 0 saturated carbocycles. The minimum absolute atomic E-state index is 0.178. The smallest absolute Gasteiger partial charge is 0.166 e. The topological polar surface area (TPSA) is 0 Å². The number of allylic oxidation sites excluding steroid dienone is 6. The molecule has 0 aromatic rings. The molecule has 0 aromatic carbocycles. The lowest BCUT2D eigenvalue weighted by atomic mass is 10.2. The number of hydrogen-bond donors (Lipinski definition) is 0. The molecule has 0 radical (unpaired) electrons. The predicted molar refractivity (Wildman–Crippen MR) is 46.4 cm³/mol. The third kappa shape index (κ3) is 2.62. The van der Waals surface area contributed by atoms with Gasteiger partial charge in [0.2, 0.25) is 0 Å². The fraction of sp³-hybridized carbons (Fsp3) is 0.333. The van der Waals surface area contributed by atoms with Gasteiger partial charge in [0.05, 0.1) is 5.57 Å². The van der Waals surface area contributed by atoms with Crippen LogP contribution in [-0.4, -0.2) is 6.18 Å². The van der Waals surface area contributed by atoms with E-state index in [0.29, 0.717) is 6.42 Å². The summed E-state index contributed by atoms with van der Waals surface area (Å²) in [5.74, 6) is 0. The van der Waals surface area contributed by atoms with Gasteiger partial charge in [-0.05, 0) is 19.4 Å². The molecule has 0 aromatic heterocycles. The Balaban J connectivity index is 3.07. The maximum absolute atomic E-state index is 12.2. The normalized spacial score (nSPS) is 18.7. The molecule has 0 fully saturated rings. The highest BCUT2D eigenvalue weighted by Gasteiger charge is 2.32. The minimum atomic E-state index is -4.32. The molecule has 1 aliphatic rings. The van der Waals surface area contributed by atoms with Crippen LogP contribution >= 0.6 is 11.6 Å². The highest BCUT2D eigenvalue weighted by atomic mass is 35.5. The van der Waals surface area contributed by atoms with Gasteiger partial charge in [-0.15, -0.1) is 0 Å². The van der Waals surface area contributed by atoms with Crippen molar-refractivity contribution in [3.05, 3.63) is 34.4 Å². The molecule has 0 amide bonds. The molecule has 0 bridgehead atoms. The van der Waals surface area contributed by atoms with Crippen LogP contribution in [0.15, 0.2) is 34.4 Å². The molecular weight excluding hydrogens is 201 g/mol. The van der Waals surface area contributed by atoms with Crippen LogP contribution < -0.4 is 0 Å². The Morgan fingerprint density at radius 1 is 1.38 bits per heavy atom. The summed E-state index contributed by atoms with van der Waals surface area (Å²) in [4.78, 5) is 0. The molecule has 0 unspecified atom stereocenters. The minimum Gasteiger partial charge on any atom is -0.166 e. The number of rotatable bonds is 0. The zero-order valence-electron chi connectivity index (χ0n) is 6.95. The lowest BCUT2D eigenvalue weighted by molar-refractivity contribution is -0.0881. The molecule has 0 aliphatic heterocycles. The van der Waals surface area contributed by atoms with Gasteiger partial charge in [0.15, 0.2) is 0 Å². The second-order valence-electron chi connectivity index (χ2n) is 2.83. The van der Waals surface area contributed by atoms with E-state index in [0.717, 1.165) is 17.7 Å². The second-order valence-corrected chi connectivity index (χ2v) is 3.24. The van der Waals surface area contributed by atoms with Crippen LogP contribution in [0.3, 0.4) is 0 Å². The number of halogens is 4. The zero-order chi connectivity index (χ0) is 10.1. The number of alkyl halides is 3. The highest BCUT2D eigenvalue weighted by molar-refractivity contribution is 6.31. The summed E-state index contributed by atoms with van der Waals surface area (Å²) in [7, 11) is 0. The summed E-state index contributed by atoms with van der Waals surface area (Å²) in [5.41, 5.74) is 0.0477. The lowest BCUT2D eigenvalue weighted by Gasteiger charge is -2.05. The standard InChI is InChI=1S/C9H8ClF3/c1-6-3-2-4-7(5-8(6)10)9(11,12)13/h2,4-5H,3H2,1H3. The molecule has 0 nitrogen and oxygen atoms in total. The van der Waals surface area contributed by atoms with Crippen LogP contribution in [0.25, 0.3) is 0 Å². The second kappa shape index (κ2) is 3.58. The van der Waals surface area contributed by atoms with Crippen molar-refractivity contribution in [1.82, 2.24) is 0 Å². The van der Waals surface area contributed by atoms with Gasteiger partial charge in [-0.25, -0.2) is 0 Å². The maximum atomic E-state index is 12.2. The fourth-order valence-electron chi connectivity index (χ4n) is 0.944. The van der Waals surface area contributed by atoms with Crippen molar-refractivity contribution in [2.24, 2.45) is 0 Å². The van der Waals surface area contributed by atoms with Crippen LogP contribution in [-0.2, 0) is 0 Å². The van der Waals surface area contributed by atoms with Crippen molar-refractivity contribution in [2.45, 2.75) is 19.5 Å². The SMILES string of the molecule is CC1=C(Cl)C=C(C(F)(F)F)C=CC1. The van der Waals surface area contributed by atoms with Crippen molar-refractivity contribution in [3.8, 4) is 0 Å². The van der Waals surface area contributed by atoms with Gasteiger partial charge in [0.25, 0.3) is 0 Å². The van der Waals surface area contributed by atoms with Crippen molar-refractivity contribution < 1.29 is 13.2 Å². The van der Waals surface area contributed by atoms with Crippen molar-refractivity contribution in [1.29, 1.82) is 0 Å². The van der Waals surface area contributed by atoms with E-state index in [9.17, 15) is 13.2 Å². The van der Waals surface area contributed by atoms with E-state index in [1.165, 1.54) is 6.08 Å². The van der Waals surface area contributed by atoms with E-state index in [-0.39, 0.29) is 5.03 Å². The molecule has 72 valence electrons. The third-order valence-corrected chi connectivity index (χ3v) is 2.17. The summed E-state index contributed by atoms with van der Waals surface area (Å²) in [6.07, 6.45) is -0.376. The first-order valence-corrected chi connectivity index (χ1v) is 4.10. The summed E-state index contributed by atoms with van der Waals surface area (Å²) >= 11 is 5.64. The molecule has 0 spiro atoms. The predicted octanol–water partition coefficient (Wildman–Crippen LogP) is 3.95. The van der Waals surface area contributed by atoms with Crippen molar-refractivity contribution in [2.75, 3.05) is 0 Å². The van der Waals surface area contributed by atoms with Crippen LogP contribution in [0.5, 0.6) is 0 Å². The van der Waals surface area contributed by atoms with E-state index in [1.807, 2.05) is 0 Å². The van der Waals surface area contributed by atoms with Gasteiger partial charge in [-0.3, -0.25) is 0 Å². The molecule has 13 heavy (non-hydrogen) atoms. The van der Waals surface area contributed by atoms with E-state index < -0.39 is 11.7 Å². The molecule has 0 atom stereocenters. The summed E-state index contributed by atoms with van der Waals surface area (Å²) < 4.78 is 36.7. The van der Waals surface area contributed by atoms with Crippen LogP contribution in [0, 0.1) is 0 Å². The van der Waals surface area contributed by atoms with Gasteiger partial charge >= 0.3 is 6.18 Å². The molecule has 0 N–H and O–H groups in total. The molecule has 1 rings (SSSR count). The molecule has 4 heteroatoms. The fourth-order valence-corrected chi connectivity index (χ4v) is 1.14. The Labute approximate surface area is 79.4 Å². The van der Waals surface area contributed by atoms with Gasteiger partial charge in [-0.2, -0.15) is 13.2 Å². The van der Waals surface area contributed by atoms with Crippen molar-refractivity contribution >= 4 is 11.6 Å². The molecule has 0 saturated heterocycles. The molecule has 1 aliphatic carbocycles. The van der Waals surface area contributed by atoms with Crippen LogP contribution in [0.2, 0.25) is 0 Å². The number of hydrogen-bond acceptors (Lipinski definition) is 0.